The molecule has 1 N–H and O–H groups in total. The van der Waals surface area contributed by atoms with E-state index in [9.17, 15) is 4.79 Å². The zero-order valence-electron chi connectivity index (χ0n) is 7.32. The Hall–Kier alpha value is -2.33. The van der Waals surface area contributed by atoms with E-state index >= 15 is 0 Å². The lowest BCUT2D eigenvalue weighted by atomic mass is 10.2. The van der Waals surface area contributed by atoms with Gasteiger partial charge in [-0.15, -0.1) is 0 Å². The maximum absolute atomic E-state index is 11.0. The van der Waals surface area contributed by atoms with Gasteiger partial charge in [0.05, 0.1) is 17.3 Å². The molecule has 1 amide bonds. The Balaban J connectivity index is 2.83. The number of nitriles is 2. The minimum absolute atomic E-state index is 0.209. The van der Waals surface area contributed by atoms with Crippen LogP contribution in [0, 0.1) is 22.7 Å². The Morgan fingerprint density at radius 1 is 1.36 bits per heavy atom. The number of nitrogens with zero attached hydrogens (tertiary/aromatic N) is 2. The van der Waals surface area contributed by atoms with Gasteiger partial charge in [-0.25, -0.2) is 0 Å². The first-order chi connectivity index (χ1) is 6.77. The second-order valence-electron chi connectivity index (χ2n) is 2.54. The van der Waals surface area contributed by atoms with E-state index in [2.05, 4.69) is 5.32 Å². The van der Waals surface area contributed by atoms with Crippen molar-refractivity contribution >= 4 is 11.6 Å². The molecule has 1 aromatic rings. The predicted octanol–water partition coefficient (Wildman–Crippen LogP) is 1.41. The standard InChI is InChI=1S/C10H7N3O/c11-6-5-10(14)13-9-4-2-1-3-8(9)7-12/h1-4H,5H2,(H,13,14). The first kappa shape index (κ1) is 9.76. The zero-order valence-corrected chi connectivity index (χ0v) is 7.32. The Labute approximate surface area is 81.4 Å². The van der Waals surface area contributed by atoms with E-state index in [0.717, 1.165) is 0 Å². The Morgan fingerprint density at radius 2 is 2.07 bits per heavy atom. The second-order valence-corrected chi connectivity index (χ2v) is 2.54. The normalized spacial score (nSPS) is 8.43. The second kappa shape index (κ2) is 4.64. The van der Waals surface area contributed by atoms with Gasteiger partial charge in [-0.05, 0) is 12.1 Å². The SMILES string of the molecule is N#CCC(=O)Nc1ccccc1C#N. The number of para-hydroxylation sites is 1. The van der Waals surface area contributed by atoms with Crippen molar-refractivity contribution in [3.8, 4) is 12.1 Å². The Bertz CT molecular complexity index is 426. The summed E-state index contributed by atoms with van der Waals surface area (Å²) in [6, 6.07) is 10.3. The molecule has 0 bridgehead atoms. The third-order valence-corrected chi connectivity index (χ3v) is 1.56. The number of anilines is 1. The summed E-state index contributed by atoms with van der Waals surface area (Å²) in [5, 5.41) is 19.4. The van der Waals surface area contributed by atoms with Gasteiger partial charge >= 0.3 is 0 Å². The monoisotopic (exact) mass is 185 g/mol. The van der Waals surface area contributed by atoms with E-state index in [1.54, 1.807) is 30.3 Å². The third kappa shape index (κ3) is 2.33. The van der Waals surface area contributed by atoms with Crippen LogP contribution < -0.4 is 5.32 Å². The summed E-state index contributed by atoms with van der Waals surface area (Å²) in [6.45, 7) is 0. The number of hydrogen-bond acceptors (Lipinski definition) is 3. The molecule has 0 saturated heterocycles. The summed E-state index contributed by atoms with van der Waals surface area (Å²) in [5.41, 5.74) is 0.828. The third-order valence-electron chi connectivity index (χ3n) is 1.56. The molecule has 0 radical (unpaired) electrons. The van der Waals surface area contributed by atoms with Crippen LogP contribution in [0.25, 0.3) is 0 Å². The fourth-order valence-corrected chi connectivity index (χ4v) is 0.956. The number of carbonyl (C=O) groups excluding carboxylic acids is 1. The Kier molecular flexibility index (Phi) is 3.23. The average molecular weight is 185 g/mol. The van der Waals surface area contributed by atoms with Crippen LogP contribution in [0.3, 0.4) is 0 Å². The van der Waals surface area contributed by atoms with Crippen molar-refractivity contribution in [3.63, 3.8) is 0 Å². The van der Waals surface area contributed by atoms with Gasteiger partial charge in [-0.2, -0.15) is 10.5 Å². The maximum atomic E-state index is 11.0. The molecular weight excluding hydrogens is 178 g/mol. The molecule has 0 aliphatic rings. The first-order valence-electron chi connectivity index (χ1n) is 3.94. The van der Waals surface area contributed by atoms with E-state index in [1.165, 1.54) is 0 Å². The van der Waals surface area contributed by atoms with Crippen molar-refractivity contribution < 1.29 is 4.79 Å². The summed E-state index contributed by atoms with van der Waals surface area (Å²) in [6.07, 6.45) is -0.209. The minimum atomic E-state index is -0.407. The smallest absolute Gasteiger partial charge is 0.238 e. The van der Waals surface area contributed by atoms with Gasteiger partial charge < -0.3 is 5.32 Å². The number of hydrogen-bond donors (Lipinski definition) is 1. The highest BCUT2D eigenvalue weighted by atomic mass is 16.1. The highest BCUT2D eigenvalue weighted by molar-refractivity contribution is 5.93. The summed E-state index contributed by atoms with van der Waals surface area (Å²) >= 11 is 0. The van der Waals surface area contributed by atoms with Gasteiger partial charge in [0.1, 0.15) is 12.5 Å². The van der Waals surface area contributed by atoms with Crippen molar-refractivity contribution in [2.75, 3.05) is 5.32 Å². The zero-order chi connectivity index (χ0) is 10.4. The van der Waals surface area contributed by atoms with Crippen LogP contribution in [-0.2, 0) is 4.79 Å². The molecule has 0 spiro atoms. The van der Waals surface area contributed by atoms with Crippen molar-refractivity contribution in [1.82, 2.24) is 0 Å². The van der Waals surface area contributed by atoms with Crippen LogP contribution in [0.2, 0.25) is 0 Å². The molecule has 14 heavy (non-hydrogen) atoms. The van der Waals surface area contributed by atoms with Crippen LogP contribution in [-0.4, -0.2) is 5.91 Å². The molecule has 4 heteroatoms. The summed E-state index contributed by atoms with van der Waals surface area (Å²) in [5.74, 6) is -0.407. The van der Waals surface area contributed by atoms with Gasteiger partial charge in [-0.3, -0.25) is 4.79 Å². The van der Waals surface area contributed by atoms with Gasteiger partial charge in [0, 0.05) is 0 Å². The molecule has 1 rings (SSSR count). The van der Waals surface area contributed by atoms with Gasteiger partial charge in [-0.1, -0.05) is 12.1 Å². The van der Waals surface area contributed by atoms with Crippen LogP contribution in [0.5, 0.6) is 0 Å². The van der Waals surface area contributed by atoms with Gasteiger partial charge in [0.15, 0.2) is 0 Å². The fourth-order valence-electron chi connectivity index (χ4n) is 0.956. The number of rotatable bonds is 2. The van der Waals surface area contributed by atoms with Crippen molar-refractivity contribution in [2.45, 2.75) is 6.42 Å². The lowest BCUT2D eigenvalue weighted by molar-refractivity contribution is -0.115. The lowest BCUT2D eigenvalue weighted by Gasteiger charge is -2.03. The fraction of sp³-hybridized carbons (Fsp3) is 0.100. The summed E-state index contributed by atoms with van der Waals surface area (Å²) in [7, 11) is 0. The van der Waals surface area contributed by atoms with E-state index in [-0.39, 0.29) is 6.42 Å². The van der Waals surface area contributed by atoms with Gasteiger partial charge in [0.25, 0.3) is 0 Å². The molecule has 0 unspecified atom stereocenters. The first-order valence-corrected chi connectivity index (χ1v) is 3.94. The number of benzene rings is 1. The highest BCUT2D eigenvalue weighted by Crippen LogP contribution is 2.13. The van der Waals surface area contributed by atoms with Crippen molar-refractivity contribution in [3.05, 3.63) is 29.8 Å². The van der Waals surface area contributed by atoms with E-state index in [0.29, 0.717) is 11.3 Å². The minimum Gasteiger partial charge on any atom is -0.324 e. The van der Waals surface area contributed by atoms with E-state index < -0.39 is 5.91 Å². The molecule has 4 nitrogen and oxygen atoms in total. The molecule has 0 aliphatic carbocycles. The quantitative estimate of drug-likeness (QED) is 0.756. The van der Waals surface area contributed by atoms with Gasteiger partial charge in [0.2, 0.25) is 5.91 Å². The summed E-state index contributed by atoms with van der Waals surface area (Å²) < 4.78 is 0. The molecule has 1 aromatic carbocycles. The van der Waals surface area contributed by atoms with Crippen LogP contribution in [0.4, 0.5) is 5.69 Å². The number of nitrogens with one attached hydrogen (secondary N) is 1. The summed E-state index contributed by atoms with van der Waals surface area (Å²) in [4.78, 5) is 11.0. The van der Waals surface area contributed by atoms with Crippen LogP contribution >= 0.6 is 0 Å². The van der Waals surface area contributed by atoms with Crippen LogP contribution in [0.15, 0.2) is 24.3 Å². The van der Waals surface area contributed by atoms with Crippen molar-refractivity contribution in [2.24, 2.45) is 0 Å². The Morgan fingerprint density at radius 3 is 2.71 bits per heavy atom. The molecule has 0 aromatic heterocycles. The largest absolute Gasteiger partial charge is 0.324 e. The molecule has 0 aliphatic heterocycles. The molecule has 0 fully saturated rings. The highest BCUT2D eigenvalue weighted by Gasteiger charge is 2.04. The number of amides is 1. The average Bonchev–Trinajstić information content (AvgIpc) is 2.19. The molecule has 68 valence electrons. The van der Waals surface area contributed by atoms with E-state index in [4.69, 9.17) is 10.5 Å². The number of carbonyl (C=O) groups is 1. The lowest BCUT2D eigenvalue weighted by Crippen LogP contribution is -2.11. The molecule has 0 atom stereocenters. The van der Waals surface area contributed by atoms with E-state index in [1.807, 2.05) is 6.07 Å². The molecule has 0 heterocycles. The van der Waals surface area contributed by atoms with Crippen molar-refractivity contribution in [1.29, 1.82) is 10.5 Å². The topological polar surface area (TPSA) is 76.7 Å². The molecular formula is C10H7N3O. The molecule has 0 saturated carbocycles. The van der Waals surface area contributed by atoms with Crippen LogP contribution in [0.1, 0.15) is 12.0 Å². The maximum Gasteiger partial charge on any atom is 0.238 e. The predicted molar refractivity (Wildman–Crippen MR) is 50.0 cm³/mol.